The van der Waals surface area contributed by atoms with E-state index in [0.29, 0.717) is 17.9 Å². The zero-order valence-corrected chi connectivity index (χ0v) is 14.1. The summed E-state index contributed by atoms with van der Waals surface area (Å²) >= 11 is 0. The molecular formula is C17H22N4O4. The van der Waals surface area contributed by atoms with Crippen LogP contribution in [0.2, 0.25) is 0 Å². The second-order valence-corrected chi connectivity index (χ2v) is 6.44. The van der Waals surface area contributed by atoms with Crippen molar-refractivity contribution < 1.29 is 19.5 Å². The molecule has 2 aliphatic rings. The van der Waals surface area contributed by atoms with E-state index in [1.807, 2.05) is 13.0 Å². The van der Waals surface area contributed by atoms with Crippen molar-refractivity contribution in [1.29, 1.82) is 5.26 Å². The lowest BCUT2D eigenvalue weighted by atomic mass is 10.1. The number of amides is 1. The van der Waals surface area contributed by atoms with Crippen LogP contribution >= 0.6 is 0 Å². The molecule has 0 aliphatic carbocycles. The van der Waals surface area contributed by atoms with Gasteiger partial charge in [-0.15, -0.1) is 5.06 Å². The van der Waals surface area contributed by atoms with Crippen LogP contribution in [0.4, 0.5) is 4.79 Å². The smallest absolute Gasteiger partial charge is 0.441 e. The van der Waals surface area contributed by atoms with E-state index in [4.69, 9.17) is 14.8 Å². The number of hydrogen-bond donors (Lipinski definition) is 2. The number of hydroxylamine groups is 2. The molecule has 8 heteroatoms. The van der Waals surface area contributed by atoms with Crippen molar-refractivity contribution >= 4 is 6.09 Å². The van der Waals surface area contributed by atoms with Crippen LogP contribution in [0.5, 0.6) is 5.75 Å². The van der Waals surface area contributed by atoms with Gasteiger partial charge in [-0.2, -0.15) is 5.26 Å². The largest absolute Gasteiger partial charge is 0.463 e. The average Bonchev–Trinajstić information content (AvgIpc) is 2.59. The number of benzene rings is 1. The molecule has 134 valence electrons. The zero-order valence-electron chi connectivity index (χ0n) is 14.1. The van der Waals surface area contributed by atoms with Crippen molar-refractivity contribution in [2.75, 3.05) is 32.7 Å². The van der Waals surface area contributed by atoms with Crippen LogP contribution < -0.4 is 10.2 Å². The Kier molecular flexibility index (Phi) is 5.38. The molecule has 3 unspecified atom stereocenters. The van der Waals surface area contributed by atoms with Gasteiger partial charge in [-0.25, -0.2) is 4.79 Å². The van der Waals surface area contributed by atoms with Gasteiger partial charge >= 0.3 is 6.09 Å². The number of carbonyl (C=O) groups is 1. The van der Waals surface area contributed by atoms with Gasteiger partial charge in [0.05, 0.1) is 29.9 Å². The van der Waals surface area contributed by atoms with Crippen molar-refractivity contribution in [2.45, 2.75) is 25.2 Å². The Labute approximate surface area is 146 Å². The summed E-state index contributed by atoms with van der Waals surface area (Å²) in [4.78, 5) is 19.4. The molecule has 1 amide bonds. The molecule has 3 atom stereocenters. The third-order valence-electron chi connectivity index (χ3n) is 4.35. The first-order chi connectivity index (χ1) is 12.0. The molecule has 2 fully saturated rings. The number of hydrogen-bond acceptors (Lipinski definition) is 6. The minimum atomic E-state index is -1.15. The van der Waals surface area contributed by atoms with Gasteiger partial charge in [0.15, 0.2) is 5.75 Å². The molecular weight excluding hydrogens is 324 g/mol. The van der Waals surface area contributed by atoms with Gasteiger partial charge in [0.1, 0.15) is 0 Å². The van der Waals surface area contributed by atoms with Gasteiger partial charge in [0, 0.05) is 32.7 Å². The van der Waals surface area contributed by atoms with Crippen LogP contribution in [-0.4, -0.2) is 72.1 Å². The maximum absolute atomic E-state index is 11.6. The molecule has 0 saturated carbocycles. The molecule has 0 aromatic heterocycles. The van der Waals surface area contributed by atoms with Crippen LogP contribution in [0.1, 0.15) is 12.5 Å². The molecule has 2 N–H and O–H groups in total. The van der Waals surface area contributed by atoms with Gasteiger partial charge < -0.3 is 20.0 Å². The Balaban J connectivity index is 1.61. The number of nitriles is 1. The summed E-state index contributed by atoms with van der Waals surface area (Å²) in [6, 6.07) is 8.04. The second-order valence-electron chi connectivity index (χ2n) is 6.44. The summed E-state index contributed by atoms with van der Waals surface area (Å²) in [6.07, 6.45) is -0.846. The van der Waals surface area contributed by atoms with Gasteiger partial charge in [0.25, 0.3) is 0 Å². The lowest BCUT2D eigenvalue weighted by Crippen LogP contribution is -2.60. The van der Waals surface area contributed by atoms with E-state index in [9.17, 15) is 9.90 Å². The van der Waals surface area contributed by atoms with Crippen molar-refractivity contribution in [1.82, 2.24) is 15.3 Å². The van der Waals surface area contributed by atoms with Crippen molar-refractivity contribution in [2.24, 2.45) is 0 Å². The number of carboxylic acid groups (broad SMARTS) is 1. The minimum absolute atomic E-state index is 0.150. The Morgan fingerprint density at radius 1 is 1.44 bits per heavy atom. The highest BCUT2D eigenvalue weighted by Gasteiger charge is 2.33. The van der Waals surface area contributed by atoms with E-state index in [2.05, 4.69) is 10.2 Å². The minimum Gasteiger partial charge on any atom is -0.463 e. The van der Waals surface area contributed by atoms with E-state index >= 15 is 0 Å². The molecule has 8 nitrogen and oxygen atoms in total. The second kappa shape index (κ2) is 7.70. The SMILES string of the molecule is CC(CN1CC2CNCC(C1)O2)N(Oc1ccc(C#N)cc1)C(=O)O. The first kappa shape index (κ1) is 17.5. The van der Waals surface area contributed by atoms with Crippen LogP contribution in [0.3, 0.4) is 0 Å². The molecule has 2 saturated heterocycles. The van der Waals surface area contributed by atoms with Gasteiger partial charge in [0.2, 0.25) is 0 Å². The Hall–Kier alpha value is -2.34. The predicted octanol–water partition coefficient (Wildman–Crippen LogP) is 0.893. The lowest BCUT2D eigenvalue weighted by Gasteiger charge is -2.43. The van der Waals surface area contributed by atoms with Crippen LogP contribution in [0.25, 0.3) is 0 Å². The summed E-state index contributed by atoms with van der Waals surface area (Å²) in [6.45, 7) is 5.59. The Morgan fingerprint density at radius 2 is 2.08 bits per heavy atom. The fourth-order valence-electron chi connectivity index (χ4n) is 3.26. The van der Waals surface area contributed by atoms with Crippen LogP contribution in [-0.2, 0) is 4.74 Å². The quantitative estimate of drug-likeness (QED) is 0.764. The summed E-state index contributed by atoms with van der Waals surface area (Å²) < 4.78 is 5.87. The van der Waals surface area contributed by atoms with Crippen molar-refractivity contribution in [3.8, 4) is 11.8 Å². The number of morpholine rings is 2. The van der Waals surface area contributed by atoms with E-state index < -0.39 is 6.09 Å². The fraction of sp³-hybridized carbons (Fsp3) is 0.529. The van der Waals surface area contributed by atoms with Crippen molar-refractivity contribution in [3.05, 3.63) is 29.8 Å². The molecule has 0 radical (unpaired) electrons. The highest BCUT2D eigenvalue weighted by atomic mass is 16.7. The maximum Gasteiger partial charge on any atom is 0.441 e. The Bertz CT molecular complexity index is 633. The lowest BCUT2D eigenvalue weighted by molar-refractivity contribution is -0.118. The van der Waals surface area contributed by atoms with Gasteiger partial charge in [-0.1, -0.05) is 0 Å². The molecule has 1 aromatic carbocycles. The number of nitrogens with zero attached hydrogens (tertiary/aromatic N) is 3. The molecule has 2 bridgehead atoms. The topological polar surface area (TPSA) is 98.1 Å². The van der Waals surface area contributed by atoms with Crippen LogP contribution in [0.15, 0.2) is 24.3 Å². The highest BCUT2D eigenvalue weighted by molar-refractivity contribution is 5.64. The summed E-state index contributed by atoms with van der Waals surface area (Å²) in [5.41, 5.74) is 0.496. The maximum atomic E-state index is 11.6. The number of fused-ring (bicyclic) bond motifs is 2. The summed E-state index contributed by atoms with van der Waals surface area (Å²) in [5, 5.41) is 22.6. The molecule has 0 spiro atoms. The molecule has 2 heterocycles. The monoisotopic (exact) mass is 346 g/mol. The first-order valence-corrected chi connectivity index (χ1v) is 8.34. The van der Waals surface area contributed by atoms with Gasteiger partial charge in [-0.05, 0) is 31.2 Å². The predicted molar refractivity (Wildman–Crippen MR) is 89.1 cm³/mol. The number of nitrogens with one attached hydrogen (secondary N) is 1. The van der Waals surface area contributed by atoms with E-state index in [0.717, 1.165) is 31.2 Å². The first-order valence-electron chi connectivity index (χ1n) is 8.34. The Morgan fingerprint density at radius 3 is 2.64 bits per heavy atom. The number of rotatable bonds is 5. The molecule has 1 aromatic rings. The standard InChI is InChI=1S/C17H22N4O4/c1-12(9-20-10-15-7-19-8-16(11-20)24-15)21(17(22)23)25-14-4-2-13(6-18)3-5-14/h2-5,12,15-16,19H,7-11H2,1H3,(H,22,23). The summed E-state index contributed by atoms with van der Waals surface area (Å²) in [5.74, 6) is 0.385. The highest BCUT2D eigenvalue weighted by Crippen LogP contribution is 2.18. The average molecular weight is 346 g/mol. The van der Waals surface area contributed by atoms with E-state index in [-0.39, 0.29) is 18.2 Å². The summed E-state index contributed by atoms with van der Waals surface area (Å²) in [7, 11) is 0. The molecule has 3 rings (SSSR count). The number of ether oxygens (including phenoxy) is 1. The normalized spacial score (nSPS) is 24.2. The molecule has 25 heavy (non-hydrogen) atoms. The molecule has 2 aliphatic heterocycles. The van der Waals surface area contributed by atoms with Gasteiger partial charge in [-0.3, -0.25) is 4.90 Å². The third-order valence-corrected chi connectivity index (χ3v) is 4.35. The van der Waals surface area contributed by atoms with Crippen LogP contribution in [0, 0.1) is 11.3 Å². The van der Waals surface area contributed by atoms with E-state index in [1.54, 1.807) is 24.3 Å². The van der Waals surface area contributed by atoms with Crippen molar-refractivity contribution in [3.63, 3.8) is 0 Å². The third kappa shape index (κ3) is 4.39. The zero-order chi connectivity index (χ0) is 17.8. The fourth-order valence-corrected chi connectivity index (χ4v) is 3.26. The van der Waals surface area contributed by atoms with E-state index in [1.165, 1.54) is 0 Å².